The van der Waals surface area contributed by atoms with Crippen LogP contribution in [0, 0.1) is 6.92 Å². The second-order valence-electron chi connectivity index (χ2n) is 5.28. The van der Waals surface area contributed by atoms with Crippen molar-refractivity contribution in [3.8, 4) is 5.75 Å². The fourth-order valence-corrected chi connectivity index (χ4v) is 2.54. The van der Waals surface area contributed by atoms with Crippen LogP contribution in [-0.2, 0) is 0 Å². The molecule has 1 fully saturated rings. The van der Waals surface area contributed by atoms with Gasteiger partial charge in [0.25, 0.3) is 5.91 Å². The highest BCUT2D eigenvalue weighted by atomic mass is 16.3. The molecule has 1 aliphatic carbocycles. The third-order valence-corrected chi connectivity index (χ3v) is 3.88. The molecule has 2 aromatic rings. The third kappa shape index (κ3) is 2.39. The van der Waals surface area contributed by atoms with Crippen LogP contribution in [-0.4, -0.2) is 17.1 Å². The van der Waals surface area contributed by atoms with Gasteiger partial charge in [0.1, 0.15) is 5.75 Å². The van der Waals surface area contributed by atoms with Crippen LogP contribution in [0.15, 0.2) is 48.5 Å². The highest BCUT2D eigenvalue weighted by Crippen LogP contribution is 2.40. The first-order valence-corrected chi connectivity index (χ1v) is 6.81. The molecule has 20 heavy (non-hydrogen) atoms. The number of nitrogens with one attached hydrogen (secondary N) is 1. The molecule has 0 aliphatic heterocycles. The van der Waals surface area contributed by atoms with Gasteiger partial charge in [-0.1, -0.05) is 36.4 Å². The zero-order valence-corrected chi connectivity index (χ0v) is 11.3. The standard InChI is InChI=1S/C17H17NO2/c1-11-13(8-5-9-16(11)19)17(20)18-15-10-14(15)12-6-3-2-4-7-12/h2-9,14-15,19H,10H2,1H3,(H,18,20). The summed E-state index contributed by atoms with van der Waals surface area (Å²) in [7, 11) is 0. The average molecular weight is 267 g/mol. The first kappa shape index (κ1) is 12.7. The van der Waals surface area contributed by atoms with Gasteiger partial charge in [-0.3, -0.25) is 4.79 Å². The first-order valence-electron chi connectivity index (χ1n) is 6.81. The zero-order valence-electron chi connectivity index (χ0n) is 11.3. The van der Waals surface area contributed by atoms with Crippen LogP contribution in [0.5, 0.6) is 5.75 Å². The average Bonchev–Trinajstić information content (AvgIpc) is 3.22. The van der Waals surface area contributed by atoms with Crippen molar-refractivity contribution in [3.63, 3.8) is 0 Å². The fraction of sp³-hybridized carbons (Fsp3) is 0.235. The molecule has 102 valence electrons. The van der Waals surface area contributed by atoms with Crippen molar-refractivity contribution in [2.45, 2.75) is 25.3 Å². The molecule has 3 heteroatoms. The lowest BCUT2D eigenvalue weighted by Gasteiger charge is -2.08. The molecule has 1 saturated carbocycles. The lowest BCUT2D eigenvalue weighted by molar-refractivity contribution is 0.0949. The van der Waals surface area contributed by atoms with Gasteiger partial charge >= 0.3 is 0 Å². The molecule has 3 nitrogen and oxygen atoms in total. The van der Waals surface area contributed by atoms with E-state index in [9.17, 15) is 9.90 Å². The molecule has 2 unspecified atom stereocenters. The molecule has 0 bridgehead atoms. The van der Waals surface area contributed by atoms with Crippen molar-refractivity contribution in [2.75, 3.05) is 0 Å². The van der Waals surface area contributed by atoms with Crippen LogP contribution in [0.2, 0.25) is 0 Å². The quantitative estimate of drug-likeness (QED) is 0.898. The van der Waals surface area contributed by atoms with Gasteiger partial charge in [-0.05, 0) is 31.0 Å². The summed E-state index contributed by atoms with van der Waals surface area (Å²) in [6.45, 7) is 1.76. The number of hydrogen-bond donors (Lipinski definition) is 2. The summed E-state index contributed by atoms with van der Waals surface area (Å²) in [4.78, 5) is 12.2. The third-order valence-electron chi connectivity index (χ3n) is 3.88. The van der Waals surface area contributed by atoms with Crippen molar-refractivity contribution >= 4 is 5.91 Å². The molecule has 0 spiro atoms. The van der Waals surface area contributed by atoms with Gasteiger partial charge in [-0.2, -0.15) is 0 Å². The normalized spacial score (nSPS) is 20.4. The van der Waals surface area contributed by atoms with E-state index >= 15 is 0 Å². The highest BCUT2D eigenvalue weighted by Gasteiger charge is 2.39. The second-order valence-corrected chi connectivity index (χ2v) is 5.28. The Labute approximate surface area is 118 Å². The molecule has 2 N–H and O–H groups in total. The highest BCUT2D eigenvalue weighted by molar-refractivity contribution is 5.96. The molecule has 0 radical (unpaired) electrons. The van der Waals surface area contributed by atoms with E-state index in [1.165, 1.54) is 5.56 Å². The van der Waals surface area contributed by atoms with E-state index in [2.05, 4.69) is 17.4 Å². The number of amides is 1. The van der Waals surface area contributed by atoms with Gasteiger partial charge in [0.15, 0.2) is 0 Å². The number of aromatic hydroxyl groups is 1. The van der Waals surface area contributed by atoms with Crippen molar-refractivity contribution < 1.29 is 9.90 Å². The van der Waals surface area contributed by atoms with E-state index in [-0.39, 0.29) is 17.7 Å². The summed E-state index contributed by atoms with van der Waals surface area (Å²) >= 11 is 0. The summed E-state index contributed by atoms with van der Waals surface area (Å²) in [6, 6.07) is 15.4. The van der Waals surface area contributed by atoms with Crippen molar-refractivity contribution in [1.29, 1.82) is 0 Å². The predicted octanol–water partition coefficient (Wildman–Crippen LogP) is 2.99. The minimum Gasteiger partial charge on any atom is -0.508 e. The fourth-order valence-electron chi connectivity index (χ4n) is 2.54. The number of rotatable bonds is 3. The van der Waals surface area contributed by atoms with Crippen molar-refractivity contribution in [2.24, 2.45) is 0 Å². The zero-order chi connectivity index (χ0) is 14.1. The van der Waals surface area contributed by atoms with Crippen LogP contribution in [0.3, 0.4) is 0 Å². The lowest BCUT2D eigenvalue weighted by Crippen LogP contribution is -2.27. The Balaban J connectivity index is 1.68. The largest absolute Gasteiger partial charge is 0.508 e. The van der Waals surface area contributed by atoms with Gasteiger partial charge in [-0.15, -0.1) is 0 Å². The van der Waals surface area contributed by atoms with Crippen LogP contribution in [0.4, 0.5) is 0 Å². The van der Waals surface area contributed by atoms with Gasteiger partial charge in [0, 0.05) is 23.1 Å². The Morgan fingerprint density at radius 3 is 2.65 bits per heavy atom. The summed E-state index contributed by atoms with van der Waals surface area (Å²) in [6.07, 6.45) is 0.980. The topological polar surface area (TPSA) is 49.3 Å². The van der Waals surface area contributed by atoms with Gasteiger partial charge < -0.3 is 10.4 Å². The Hall–Kier alpha value is -2.29. The lowest BCUT2D eigenvalue weighted by atomic mass is 10.1. The SMILES string of the molecule is Cc1c(O)cccc1C(=O)NC1CC1c1ccccc1. The predicted molar refractivity (Wildman–Crippen MR) is 77.9 cm³/mol. The summed E-state index contributed by atoms with van der Waals surface area (Å²) in [5, 5.41) is 12.7. The van der Waals surface area contributed by atoms with Gasteiger partial charge in [0.05, 0.1) is 0 Å². The first-order chi connectivity index (χ1) is 9.66. The van der Waals surface area contributed by atoms with Crippen molar-refractivity contribution in [1.82, 2.24) is 5.32 Å². The minimum absolute atomic E-state index is 0.109. The number of benzene rings is 2. The Morgan fingerprint density at radius 2 is 1.90 bits per heavy atom. The second kappa shape index (κ2) is 5.00. The molecule has 1 aliphatic rings. The number of phenols is 1. The molecule has 1 amide bonds. The smallest absolute Gasteiger partial charge is 0.251 e. The number of phenolic OH excluding ortho intramolecular Hbond substituents is 1. The van der Waals surface area contributed by atoms with E-state index in [1.807, 2.05) is 18.2 Å². The van der Waals surface area contributed by atoms with E-state index < -0.39 is 0 Å². The van der Waals surface area contributed by atoms with Crippen LogP contribution >= 0.6 is 0 Å². The number of carbonyl (C=O) groups excluding carboxylic acids is 1. The van der Waals surface area contributed by atoms with E-state index in [0.717, 1.165) is 6.42 Å². The molecule has 0 heterocycles. The number of hydrogen-bond acceptors (Lipinski definition) is 2. The summed E-state index contributed by atoms with van der Waals surface area (Å²) in [5.41, 5.74) is 2.44. The molecule has 0 saturated heterocycles. The maximum atomic E-state index is 12.2. The minimum atomic E-state index is -0.109. The van der Waals surface area contributed by atoms with E-state index in [0.29, 0.717) is 17.0 Å². The van der Waals surface area contributed by atoms with Gasteiger partial charge in [-0.25, -0.2) is 0 Å². The molecular formula is C17H17NO2. The van der Waals surface area contributed by atoms with Crippen LogP contribution in [0.25, 0.3) is 0 Å². The number of carbonyl (C=O) groups is 1. The van der Waals surface area contributed by atoms with E-state index in [4.69, 9.17) is 0 Å². The molecule has 0 aromatic heterocycles. The molecule has 2 atom stereocenters. The van der Waals surface area contributed by atoms with Crippen LogP contribution < -0.4 is 5.32 Å². The van der Waals surface area contributed by atoms with Crippen LogP contribution in [0.1, 0.15) is 33.8 Å². The molecular weight excluding hydrogens is 250 g/mol. The van der Waals surface area contributed by atoms with Gasteiger partial charge in [0.2, 0.25) is 0 Å². The molecule has 3 rings (SSSR count). The Morgan fingerprint density at radius 1 is 1.15 bits per heavy atom. The summed E-state index contributed by atoms with van der Waals surface area (Å²) < 4.78 is 0. The maximum absolute atomic E-state index is 12.2. The maximum Gasteiger partial charge on any atom is 0.251 e. The summed E-state index contributed by atoms with van der Waals surface area (Å²) in [5.74, 6) is 0.465. The molecule has 2 aromatic carbocycles. The Bertz CT molecular complexity index is 637. The monoisotopic (exact) mass is 267 g/mol. The van der Waals surface area contributed by atoms with Crippen molar-refractivity contribution in [3.05, 3.63) is 65.2 Å². The van der Waals surface area contributed by atoms with E-state index in [1.54, 1.807) is 25.1 Å². The Kier molecular flexibility index (Phi) is 3.18.